The molecule has 1 atom stereocenters. The van der Waals surface area contributed by atoms with E-state index in [1.165, 1.54) is 14.2 Å². The SMILES string of the molecule is COP(=O)(OC)C(c1ccccc1)N(O)c1ccccc1. The van der Waals surface area contributed by atoms with E-state index in [0.717, 1.165) is 5.06 Å². The lowest BCUT2D eigenvalue weighted by Gasteiger charge is -2.31. The van der Waals surface area contributed by atoms with E-state index >= 15 is 0 Å². The van der Waals surface area contributed by atoms with Crippen molar-refractivity contribution >= 4 is 13.3 Å². The van der Waals surface area contributed by atoms with Crippen LogP contribution in [0.15, 0.2) is 60.7 Å². The molecule has 112 valence electrons. The number of hydroxylamine groups is 1. The van der Waals surface area contributed by atoms with Crippen molar-refractivity contribution in [2.45, 2.75) is 5.78 Å². The third kappa shape index (κ3) is 3.34. The second kappa shape index (κ2) is 6.87. The molecule has 1 unspecified atom stereocenters. The Balaban J connectivity index is 2.49. The van der Waals surface area contributed by atoms with Crippen LogP contribution in [0, 0.1) is 0 Å². The van der Waals surface area contributed by atoms with E-state index in [2.05, 4.69) is 0 Å². The van der Waals surface area contributed by atoms with E-state index in [-0.39, 0.29) is 0 Å². The Morgan fingerprint density at radius 3 is 1.90 bits per heavy atom. The summed E-state index contributed by atoms with van der Waals surface area (Å²) in [5, 5.41) is 11.5. The van der Waals surface area contributed by atoms with Gasteiger partial charge >= 0.3 is 7.60 Å². The zero-order valence-electron chi connectivity index (χ0n) is 11.9. The van der Waals surface area contributed by atoms with Crippen LogP contribution in [0.4, 0.5) is 5.69 Å². The van der Waals surface area contributed by atoms with Crippen molar-refractivity contribution in [1.29, 1.82) is 0 Å². The Morgan fingerprint density at radius 2 is 1.43 bits per heavy atom. The summed E-state index contributed by atoms with van der Waals surface area (Å²) in [6, 6.07) is 17.8. The van der Waals surface area contributed by atoms with E-state index in [0.29, 0.717) is 11.3 Å². The molecule has 0 saturated heterocycles. The average molecular weight is 307 g/mol. The smallest absolute Gasteiger partial charge is 0.310 e. The number of nitrogens with zero attached hydrogens (tertiary/aromatic N) is 1. The van der Waals surface area contributed by atoms with Crippen LogP contribution in [0.25, 0.3) is 0 Å². The normalized spacial score (nSPS) is 12.9. The molecule has 2 rings (SSSR count). The number of hydrogen-bond acceptors (Lipinski definition) is 5. The first-order chi connectivity index (χ1) is 10.1. The third-order valence-corrected chi connectivity index (χ3v) is 5.29. The molecule has 0 saturated carbocycles. The Hall–Kier alpha value is -1.65. The lowest BCUT2D eigenvalue weighted by Crippen LogP contribution is -2.26. The highest BCUT2D eigenvalue weighted by atomic mass is 31.2. The minimum absolute atomic E-state index is 0.501. The predicted octanol–water partition coefficient (Wildman–Crippen LogP) is 4.07. The van der Waals surface area contributed by atoms with E-state index < -0.39 is 13.4 Å². The summed E-state index contributed by atoms with van der Waals surface area (Å²) in [6.07, 6.45) is 0. The molecule has 0 amide bonds. The Kier molecular flexibility index (Phi) is 5.15. The second-order valence-electron chi connectivity index (χ2n) is 4.37. The van der Waals surface area contributed by atoms with Crippen LogP contribution in [-0.4, -0.2) is 19.4 Å². The summed E-state index contributed by atoms with van der Waals surface area (Å²) in [5.41, 5.74) is 1.14. The van der Waals surface area contributed by atoms with Gasteiger partial charge in [-0.05, 0) is 17.7 Å². The van der Waals surface area contributed by atoms with Gasteiger partial charge in [-0.3, -0.25) is 9.77 Å². The largest absolute Gasteiger partial charge is 0.359 e. The third-order valence-electron chi connectivity index (χ3n) is 3.16. The summed E-state index contributed by atoms with van der Waals surface area (Å²) in [5.74, 6) is -0.948. The standard InChI is InChI=1S/C15H18NO4P/c1-19-21(18,20-2)15(13-9-5-3-6-10-13)16(17)14-11-7-4-8-12-14/h3-12,15,17H,1-2H3. The van der Waals surface area contributed by atoms with Crippen molar-refractivity contribution in [2.75, 3.05) is 19.3 Å². The number of rotatable bonds is 6. The molecule has 2 aromatic carbocycles. The van der Waals surface area contributed by atoms with Gasteiger partial charge in [0.05, 0.1) is 5.69 Å². The summed E-state index contributed by atoms with van der Waals surface area (Å²) in [4.78, 5) is 0. The summed E-state index contributed by atoms with van der Waals surface area (Å²) < 4.78 is 23.0. The van der Waals surface area contributed by atoms with Crippen molar-refractivity contribution < 1.29 is 18.8 Å². The number of anilines is 1. The van der Waals surface area contributed by atoms with Crippen molar-refractivity contribution in [1.82, 2.24) is 0 Å². The molecular weight excluding hydrogens is 289 g/mol. The topological polar surface area (TPSA) is 59.0 Å². The fourth-order valence-corrected chi connectivity index (χ4v) is 3.57. The van der Waals surface area contributed by atoms with E-state index in [1.54, 1.807) is 48.5 Å². The maximum atomic E-state index is 12.8. The lowest BCUT2D eigenvalue weighted by molar-refractivity contribution is 0.204. The minimum atomic E-state index is -3.56. The molecular formula is C15H18NO4P. The summed E-state index contributed by atoms with van der Waals surface area (Å²) in [6.45, 7) is 0. The Bertz CT molecular complexity index is 598. The van der Waals surface area contributed by atoms with Crippen molar-refractivity contribution in [3.05, 3.63) is 66.2 Å². The molecule has 0 fully saturated rings. The second-order valence-corrected chi connectivity index (χ2v) is 6.67. The number of para-hydroxylation sites is 1. The molecule has 0 bridgehead atoms. The lowest BCUT2D eigenvalue weighted by atomic mass is 10.2. The van der Waals surface area contributed by atoms with Gasteiger partial charge in [0, 0.05) is 14.2 Å². The molecule has 2 aromatic rings. The van der Waals surface area contributed by atoms with E-state index in [1.807, 2.05) is 12.1 Å². The molecule has 0 spiro atoms. The highest BCUT2D eigenvalue weighted by Gasteiger charge is 2.40. The summed E-state index contributed by atoms with van der Waals surface area (Å²) >= 11 is 0. The van der Waals surface area contributed by atoms with Crippen molar-refractivity contribution in [3.8, 4) is 0 Å². The zero-order valence-corrected chi connectivity index (χ0v) is 12.8. The molecule has 5 nitrogen and oxygen atoms in total. The van der Waals surface area contributed by atoms with Gasteiger partial charge < -0.3 is 9.05 Å². The maximum absolute atomic E-state index is 12.8. The van der Waals surface area contributed by atoms with Gasteiger partial charge in [0.1, 0.15) is 0 Å². The molecule has 0 aliphatic carbocycles. The van der Waals surface area contributed by atoms with Crippen LogP contribution >= 0.6 is 7.60 Å². The van der Waals surface area contributed by atoms with Crippen molar-refractivity contribution in [2.24, 2.45) is 0 Å². The monoisotopic (exact) mass is 307 g/mol. The van der Waals surface area contributed by atoms with E-state index in [4.69, 9.17) is 9.05 Å². The zero-order chi connectivity index (χ0) is 15.3. The van der Waals surface area contributed by atoms with Gasteiger partial charge in [0.25, 0.3) is 0 Å². The summed E-state index contributed by atoms with van der Waals surface area (Å²) in [7, 11) is -0.950. The molecule has 0 aliphatic heterocycles. The first-order valence-corrected chi connectivity index (χ1v) is 8.03. The number of hydrogen-bond donors (Lipinski definition) is 1. The van der Waals surface area contributed by atoms with Gasteiger partial charge in [-0.1, -0.05) is 48.5 Å². The molecule has 0 radical (unpaired) electrons. The Morgan fingerprint density at radius 1 is 0.952 bits per heavy atom. The van der Waals surface area contributed by atoms with E-state index in [9.17, 15) is 9.77 Å². The first kappa shape index (κ1) is 15.7. The van der Waals surface area contributed by atoms with Gasteiger partial charge in [-0.25, -0.2) is 5.06 Å². The fourth-order valence-electron chi connectivity index (χ4n) is 2.08. The van der Waals surface area contributed by atoms with Crippen LogP contribution < -0.4 is 5.06 Å². The first-order valence-electron chi connectivity index (χ1n) is 6.41. The predicted molar refractivity (Wildman–Crippen MR) is 81.5 cm³/mol. The molecule has 0 aliphatic rings. The maximum Gasteiger partial charge on any atom is 0.359 e. The van der Waals surface area contributed by atoms with Gasteiger partial charge in [-0.2, -0.15) is 0 Å². The quantitative estimate of drug-likeness (QED) is 0.644. The van der Waals surface area contributed by atoms with Gasteiger partial charge in [0.15, 0.2) is 5.78 Å². The molecule has 0 heterocycles. The highest BCUT2D eigenvalue weighted by molar-refractivity contribution is 7.54. The average Bonchev–Trinajstić information content (AvgIpc) is 2.56. The molecule has 6 heteroatoms. The van der Waals surface area contributed by atoms with Gasteiger partial charge in [0.2, 0.25) is 0 Å². The number of benzene rings is 2. The van der Waals surface area contributed by atoms with Crippen molar-refractivity contribution in [3.63, 3.8) is 0 Å². The molecule has 21 heavy (non-hydrogen) atoms. The van der Waals surface area contributed by atoms with Crippen LogP contribution in [-0.2, 0) is 13.6 Å². The fraction of sp³-hybridized carbons (Fsp3) is 0.200. The van der Waals surface area contributed by atoms with Crippen LogP contribution in [0.2, 0.25) is 0 Å². The van der Waals surface area contributed by atoms with Crippen LogP contribution in [0.5, 0.6) is 0 Å². The van der Waals surface area contributed by atoms with Gasteiger partial charge in [-0.15, -0.1) is 0 Å². The Labute approximate surface area is 124 Å². The van der Waals surface area contributed by atoms with Crippen LogP contribution in [0.3, 0.4) is 0 Å². The highest BCUT2D eigenvalue weighted by Crippen LogP contribution is 2.61. The molecule has 0 aromatic heterocycles. The van der Waals surface area contributed by atoms with Crippen LogP contribution in [0.1, 0.15) is 11.3 Å². The minimum Gasteiger partial charge on any atom is -0.310 e. The molecule has 1 N–H and O–H groups in total.